The number of hydrogen-bond acceptors (Lipinski definition) is 4. The minimum atomic E-state index is -0.285. The lowest BCUT2D eigenvalue weighted by atomic mass is 10.1. The second-order valence-corrected chi connectivity index (χ2v) is 6.18. The fraction of sp³-hybridized carbons (Fsp3) is 0.389. The minimum Gasteiger partial charge on any atom is -0.361 e. The molecule has 0 aliphatic rings. The monoisotopic (exact) mass is 363 g/mol. The van der Waals surface area contributed by atoms with Crippen LogP contribution in [0.1, 0.15) is 41.2 Å². The Morgan fingerprint density at radius 2 is 2.00 bits per heavy atom. The van der Waals surface area contributed by atoms with Crippen molar-refractivity contribution >= 4 is 29.1 Å². The number of aromatic nitrogens is 1. The van der Waals surface area contributed by atoms with E-state index in [-0.39, 0.29) is 18.4 Å². The lowest BCUT2D eigenvalue weighted by molar-refractivity contribution is -0.116. The Balaban J connectivity index is 2.13. The van der Waals surface area contributed by atoms with Gasteiger partial charge in [0.25, 0.3) is 5.91 Å². The largest absolute Gasteiger partial charge is 0.361 e. The Morgan fingerprint density at radius 3 is 2.64 bits per heavy atom. The van der Waals surface area contributed by atoms with Gasteiger partial charge in [-0.3, -0.25) is 9.59 Å². The number of nitrogens with zero attached hydrogens (tertiary/aromatic N) is 2. The Kier molecular flexibility index (Phi) is 6.20. The van der Waals surface area contributed by atoms with Crippen LogP contribution in [0.4, 0.5) is 5.69 Å². The highest BCUT2D eigenvalue weighted by molar-refractivity contribution is 6.31. The van der Waals surface area contributed by atoms with E-state index in [0.29, 0.717) is 40.7 Å². The molecule has 0 saturated carbocycles. The predicted molar refractivity (Wildman–Crippen MR) is 97.0 cm³/mol. The molecule has 0 bridgehead atoms. The number of nitrogens with one attached hydrogen (secondary N) is 1. The summed E-state index contributed by atoms with van der Waals surface area (Å²) in [5.41, 5.74) is 2.58. The molecule has 0 fully saturated rings. The maximum atomic E-state index is 12.8. The zero-order valence-electron chi connectivity index (χ0n) is 14.9. The smallest absolute Gasteiger partial charge is 0.259 e. The van der Waals surface area contributed by atoms with Crippen molar-refractivity contribution in [3.05, 3.63) is 45.8 Å². The number of carbonyl (C=O) groups excluding carboxylic acids is 2. The maximum absolute atomic E-state index is 12.8. The zero-order chi connectivity index (χ0) is 18.6. The molecular formula is C18H22ClN3O3. The van der Waals surface area contributed by atoms with Gasteiger partial charge < -0.3 is 14.7 Å². The van der Waals surface area contributed by atoms with Crippen molar-refractivity contribution in [2.75, 3.05) is 18.4 Å². The first-order chi connectivity index (χ1) is 11.9. The van der Waals surface area contributed by atoms with Gasteiger partial charge in [0, 0.05) is 17.3 Å². The van der Waals surface area contributed by atoms with E-state index in [0.717, 1.165) is 5.56 Å². The van der Waals surface area contributed by atoms with Crippen molar-refractivity contribution < 1.29 is 14.1 Å². The van der Waals surface area contributed by atoms with Gasteiger partial charge in [-0.15, -0.1) is 0 Å². The SMILES string of the molecule is CCc1noc(C)c1C(=O)N(CC)CC(=O)Nc1cc(Cl)ccc1C. The van der Waals surface area contributed by atoms with Crippen molar-refractivity contribution in [3.8, 4) is 0 Å². The second kappa shape index (κ2) is 8.16. The van der Waals surface area contributed by atoms with Gasteiger partial charge >= 0.3 is 0 Å². The standard InChI is InChI=1S/C18H22ClN3O3/c1-5-14-17(12(4)25-21-14)18(24)22(6-2)10-16(23)20-15-9-13(19)8-7-11(15)3/h7-9H,5-6,10H2,1-4H3,(H,20,23). The lowest BCUT2D eigenvalue weighted by Crippen LogP contribution is -2.38. The summed E-state index contributed by atoms with van der Waals surface area (Å²) in [5.74, 6) is -0.0739. The number of halogens is 1. The van der Waals surface area contributed by atoms with Crippen LogP contribution in [0.15, 0.2) is 22.7 Å². The second-order valence-electron chi connectivity index (χ2n) is 5.74. The first-order valence-corrected chi connectivity index (χ1v) is 8.55. The normalized spacial score (nSPS) is 10.6. The number of anilines is 1. The summed E-state index contributed by atoms with van der Waals surface area (Å²) in [4.78, 5) is 26.6. The van der Waals surface area contributed by atoms with E-state index in [1.807, 2.05) is 26.8 Å². The number of aryl methyl sites for hydroxylation is 3. The zero-order valence-corrected chi connectivity index (χ0v) is 15.6. The van der Waals surface area contributed by atoms with Gasteiger partial charge in [0.15, 0.2) is 0 Å². The Hall–Kier alpha value is -2.34. The van der Waals surface area contributed by atoms with Crippen molar-refractivity contribution in [1.29, 1.82) is 0 Å². The van der Waals surface area contributed by atoms with Crippen LogP contribution >= 0.6 is 11.6 Å². The molecule has 1 N–H and O–H groups in total. The van der Waals surface area contributed by atoms with Crippen LogP contribution in [0.3, 0.4) is 0 Å². The molecule has 2 aromatic rings. The molecule has 0 radical (unpaired) electrons. The molecule has 1 aromatic heterocycles. The number of amides is 2. The van der Waals surface area contributed by atoms with E-state index >= 15 is 0 Å². The minimum absolute atomic E-state index is 0.0605. The van der Waals surface area contributed by atoms with E-state index in [1.54, 1.807) is 19.1 Å². The van der Waals surface area contributed by atoms with Gasteiger partial charge in [-0.25, -0.2) is 0 Å². The molecule has 0 atom stereocenters. The summed E-state index contributed by atoms with van der Waals surface area (Å²) in [7, 11) is 0. The van der Waals surface area contributed by atoms with Crippen LogP contribution in [-0.4, -0.2) is 35.0 Å². The number of rotatable bonds is 6. The Bertz CT molecular complexity index is 786. The van der Waals surface area contributed by atoms with Crippen molar-refractivity contribution in [3.63, 3.8) is 0 Å². The molecule has 2 amide bonds. The van der Waals surface area contributed by atoms with Gasteiger partial charge in [-0.1, -0.05) is 29.7 Å². The summed E-state index contributed by atoms with van der Waals surface area (Å²) in [6.45, 7) is 7.64. The van der Waals surface area contributed by atoms with Crippen molar-refractivity contribution in [1.82, 2.24) is 10.1 Å². The van der Waals surface area contributed by atoms with Crippen LogP contribution < -0.4 is 5.32 Å². The van der Waals surface area contributed by atoms with Crippen molar-refractivity contribution in [2.24, 2.45) is 0 Å². The quantitative estimate of drug-likeness (QED) is 0.850. The topological polar surface area (TPSA) is 75.4 Å². The van der Waals surface area contributed by atoms with E-state index in [2.05, 4.69) is 10.5 Å². The van der Waals surface area contributed by atoms with E-state index < -0.39 is 0 Å². The van der Waals surface area contributed by atoms with Crippen LogP contribution in [0.2, 0.25) is 5.02 Å². The third-order valence-corrected chi connectivity index (χ3v) is 4.19. The highest BCUT2D eigenvalue weighted by atomic mass is 35.5. The number of carbonyl (C=O) groups is 2. The molecule has 1 heterocycles. The Morgan fingerprint density at radius 1 is 1.28 bits per heavy atom. The third-order valence-electron chi connectivity index (χ3n) is 3.96. The summed E-state index contributed by atoms with van der Waals surface area (Å²) in [6, 6.07) is 5.27. The molecule has 2 rings (SSSR count). The van der Waals surface area contributed by atoms with Gasteiger partial charge in [0.2, 0.25) is 5.91 Å². The molecule has 0 saturated heterocycles. The summed E-state index contributed by atoms with van der Waals surface area (Å²) in [5, 5.41) is 7.24. The molecule has 0 aliphatic carbocycles. The number of benzene rings is 1. The molecule has 25 heavy (non-hydrogen) atoms. The Labute approximate surface area is 152 Å². The summed E-state index contributed by atoms with van der Waals surface area (Å²) >= 11 is 5.97. The molecule has 134 valence electrons. The molecular weight excluding hydrogens is 342 g/mol. The summed E-state index contributed by atoms with van der Waals surface area (Å²) < 4.78 is 5.12. The van der Waals surface area contributed by atoms with Crippen molar-refractivity contribution in [2.45, 2.75) is 34.1 Å². The first-order valence-electron chi connectivity index (χ1n) is 8.17. The number of hydrogen-bond donors (Lipinski definition) is 1. The van der Waals surface area contributed by atoms with Crippen LogP contribution in [-0.2, 0) is 11.2 Å². The van der Waals surface area contributed by atoms with E-state index in [1.165, 1.54) is 4.90 Å². The van der Waals surface area contributed by atoms with Gasteiger partial charge in [-0.05, 0) is 44.9 Å². The van der Waals surface area contributed by atoms with Gasteiger partial charge in [0.05, 0.1) is 5.69 Å². The molecule has 0 unspecified atom stereocenters. The van der Waals surface area contributed by atoms with Crippen LogP contribution in [0, 0.1) is 13.8 Å². The molecule has 0 aliphatic heterocycles. The van der Waals surface area contributed by atoms with E-state index in [9.17, 15) is 9.59 Å². The third kappa shape index (κ3) is 4.39. The predicted octanol–water partition coefficient (Wildman–Crippen LogP) is 3.61. The van der Waals surface area contributed by atoms with Gasteiger partial charge in [0.1, 0.15) is 17.9 Å². The van der Waals surface area contributed by atoms with Crippen LogP contribution in [0.5, 0.6) is 0 Å². The van der Waals surface area contributed by atoms with E-state index in [4.69, 9.17) is 16.1 Å². The molecule has 0 spiro atoms. The highest BCUT2D eigenvalue weighted by Gasteiger charge is 2.25. The molecule has 6 nitrogen and oxygen atoms in total. The lowest BCUT2D eigenvalue weighted by Gasteiger charge is -2.20. The fourth-order valence-corrected chi connectivity index (χ4v) is 2.68. The average Bonchev–Trinajstić information content (AvgIpc) is 2.96. The average molecular weight is 364 g/mol. The molecule has 7 heteroatoms. The van der Waals surface area contributed by atoms with Gasteiger partial charge in [-0.2, -0.15) is 0 Å². The molecule has 1 aromatic carbocycles. The number of likely N-dealkylation sites (N-methyl/N-ethyl adjacent to an activating group) is 1. The fourth-order valence-electron chi connectivity index (χ4n) is 2.51. The maximum Gasteiger partial charge on any atom is 0.259 e. The first kappa shape index (κ1) is 19.0. The van der Waals surface area contributed by atoms with Crippen LogP contribution in [0.25, 0.3) is 0 Å². The summed E-state index contributed by atoms with van der Waals surface area (Å²) in [6.07, 6.45) is 0.587. The highest BCUT2D eigenvalue weighted by Crippen LogP contribution is 2.20.